The molecule has 0 bridgehead atoms. The van der Waals surface area contributed by atoms with Crippen LogP contribution in [0.3, 0.4) is 0 Å². The second-order valence-electron chi connectivity index (χ2n) is 3.64. The molecule has 0 fully saturated rings. The molecule has 0 aliphatic rings. The zero-order valence-electron chi connectivity index (χ0n) is 8.79. The number of benzene rings is 1. The number of ketones is 1. The first kappa shape index (κ1) is 10.9. The molecule has 1 aromatic carbocycles. The summed E-state index contributed by atoms with van der Waals surface area (Å²) in [7, 11) is 0. The third kappa shape index (κ3) is 2.02. The van der Waals surface area contributed by atoms with Crippen molar-refractivity contribution in [2.24, 2.45) is 5.73 Å². The number of hydrogen-bond acceptors (Lipinski definition) is 2. The fraction of sp³-hybridized carbons (Fsp3) is 0.417. The van der Waals surface area contributed by atoms with Gasteiger partial charge in [-0.15, -0.1) is 0 Å². The largest absolute Gasteiger partial charge is 0.315 e. The number of carbonyl (C=O) groups excluding carboxylic acids is 1. The fourth-order valence-electron chi connectivity index (χ4n) is 1.65. The van der Waals surface area contributed by atoms with E-state index in [1.165, 1.54) is 0 Å². The number of hydrogen-bond donors (Lipinski definition) is 1. The summed E-state index contributed by atoms with van der Waals surface area (Å²) in [5.41, 5.74) is 6.24. The van der Waals surface area contributed by atoms with E-state index < -0.39 is 5.54 Å². The Balaban J connectivity index is 3.06. The molecule has 0 saturated heterocycles. The van der Waals surface area contributed by atoms with E-state index in [4.69, 9.17) is 5.73 Å². The Kier molecular flexibility index (Phi) is 3.42. The Bertz CT molecular complexity index is 307. The van der Waals surface area contributed by atoms with Crippen LogP contribution in [-0.2, 0) is 10.3 Å². The molecule has 0 spiro atoms. The van der Waals surface area contributed by atoms with Gasteiger partial charge in [-0.3, -0.25) is 4.79 Å². The summed E-state index contributed by atoms with van der Waals surface area (Å²) in [6.07, 6.45) is 1.61. The first-order valence-electron chi connectivity index (χ1n) is 4.96. The molecular weight excluding hydrogens is 174 g/mol. The molecule has 14 heavy (non-hydrogen) atoms. The van der Waals surface area contributed by atoms with Gasteiger partial charge in [0.2, 0.25) is 0 Å². The highest BCUT2D eigenvalue weighted by atomic mass is 16.1. The normalized spacial score (nSPS) is 14.8. The summed E-state index contributed by atoms with van der Waals surface area (Å²) >= 11 is 0. The summed E-state index contributed by atoms with van der Waals surface area (Å²) in [5.74, 6) is 0.0329. The number of carbonyl (C=O) groups is 1. The van der Waals surface area contributed by atoms with Crippen LogP contribution < -0.4 is 5.73 Å². The molecule has 76 valence electrons. The summed E-state index contributed by atoms with van der Waals surface area (Å²) < 4.78 is 0. The van der Waals surface area contributed by atoms with Gasteiger partial charge in [0.15, 0.2) is 5.78 Å². The molecule has 2 nitrogen and oxygen atoms in total. The molecule has 2 heteroatoms. The highest BCUT2D eigenvalue weighted by molar-refractivity contribution is 5.87. The molecule has 0 amide bonds. The van der Waals surface area contributed by atoms with E-state index in [-0.39, 0.29) is 5.78 Å². The fourth-order valence-corrected chi connectivity index (χ4v) is 1.65. The monoisotopic (exact) mass is 191 g/mol. The van der Waals surface area contributed by atoms with Gasteiger partial charge in [0, 0.05) is 0 Å². The topological polar surface area (TPSA) is 43.1 Å². The molecule has 2 N–H and O–H groups in total. The van der Waals surface area contributed by atoms with Crippen LogP contribution in [0.2, 0.25) is 0 Å². The van der Waals surface area contributed by atoms with Crippen molar-refractivity contribution < 1.29 is 4.79 Å². The van der Waals surface area contributed by atoms with Crippen molar-refractivity contribution >= 4 is 5.78 Å². The molecule has 0 aliphatic heterocycles. The average molecular weight is 191 g/mol. The quantitative estimate of drug-likeness (QED) is 0.793. The van der Waals surface area contributed by atoms with E-state index in [1.54, 1.807) is 6.92 Å². The van der Waals surface area contributed by atoms with E-state index in [1.807, 2.05) is 37.3 Å². The Morgan fingerprint density at radius 3 is 2.36 bits per heavy atom. The lowest BCUT2D eigenvalue weighted by Crippen LogP contribution is -2.43. The van der Waals surface area contributed by atoms with Gasteiger partial charge in [0.1, 0.15) is 5.54 Å². The second kappa shape index (κ2) is 4.38. The molecule has 0 radical (unpaired) electrons. The van der Waals surface area contributed by atoms with Crippen LogP contribution in [-0.4, -0.2) is 5.78 Å². The Morgan fingerprint density at radius 1 is 1.36 bits per heavy atom. The maximum Gasteiger partial charge on any atom is 0.154 e. The second-order valence-corrected chi connectivity index (χ2v) is 3.64. The highest BCUT2D eigenvalue weighted by Crippen LogP contribution is 2.24. The molecule has 0 heterocycles. The third-order valence-corrected chi connectivity index (χ3v) is 2.56. The van der Waals surface area contributed by atoms with Gasteiger partial charge in [-0.25, -0.2) is 0 Å². The third-order valence-electron chi connectivity index (χ3n) is 2.56. The maximum atomic E-state index is 11.5. The summed E-state index contributed by atoms with van der Waals surface area (Å²) in [5, 5.41) is 0. The molecule has 1 rings (SSSR count). The van der Waals surface area contributed by atoms with Gasteiger partial charge in [0.25, 0.3) is 0 Å². The van der Waals surface area contributed by atoms with Crippen LogP contribution in [0.4, 0.5) is 0 Å². The van der Waals surface area contributed by atoms with Crippen LogP contribution >= 0.6 is 0 Å². The minimum Gasteiger partial charge on any atom is -0.315 e. The molecule has 0 aliphatic carbocycles. The van der Waals surface area contributed by atoms with Crippen molar-refractivity contribution in [2.45, 2.75) is 32.2 Å². The van der Waals surface area contributed by atoms with Crippen LogP contribution in [0.15, 0.2) is 30.3 Å². The molecule has 0 unspecified atom stereocenters. The van der Waals surface area contributed by atoms with E-state index in [0.29, 0.717) is 6.42 Å². The Hall–Kier alpha value is -1.15. The standard InChI is InChI=1S/C12H17NO/c1-3-9-12(13,10(2)14)11-7-5-4-6-8-11/h4-8H,3,9,13H2,1-2H3/t12-/m1/s1. The van der Waals surface area contributed by atoms with Crippen LogP contribution in [0, 0.1) is 0 Å². The predicted octanol–water partition coefficient (Wildman–Crippen LogP) is 2.23. The summed E-state index contributed by atoms with van der Waals surface area (Å²) in [6.45, 7) is 3.59. The lowest BCUT2D eigenvalue weighted by molar-refractivity contribution is -0.122. The minimum absolute atomic E-state index is 0.0329. The van der Waals surface area contributed by atoms with Crippen molar-refractivity contribution in [3.63, 3.8) is 0 Å². The smallest absolute Gasteiger partial charge is 0.154 e. The van der Waals surface area contributed by atoms with Gasteiger partial charge in [-0.1, -0.05) is 43.7 Å². The average Bonchev–Trinajstić information content (AvgIpc) is 2.19. The zero-order chi connectivity index (χ0) is 10.6. The minimum atomic E-state index is -0.796. The highest BCUT2D eigenvalue weighted by Gasteiger charge is 2.31. The SMILES string of the molecule is CCC[C@@](N)(C(C)=O)c1ccccc1. The van der Waals surface area contributed by atoms with Crippen molar-refractivity contribution in [3.8, 4) is 0 Å². The molecular formula is C12H17NO. The molecule has 1 aromatic rings. The van der Waals surface area contributed by atoms with Gasteiger partial charge in [0.05, 0.1) is 0 Å². The predicted molar refractivity (Wildman–Crippen MR) is 57.9 cm³/mol. The van der Waals surface area contributed by atoms with Crippen LogP contribution in [0.1, 0.15) is 32.3 Å². The van der Waals surface area contributed by atoms with Gasteiger partial charge >= 0.3 is 0 Å². The van der Waals surface area contributed by atoms with Crippen LogP contribution in [0.5, 0.6) is 0 Å². The van der Waals surface area contributed by atoms with Gasteiger partial charge in [-0.2, -0.15) is 0 Å². The van der Waals surface area contributed by atoms with E-state index >= 15 is 0 Å². The van der Waals surface area contributed by atoms with Crippen molar-refractivity contribution in [3.05, 3.63) is 35.9 Å². The maximum absolute atomic E-state index is 11.5. The zero-order valence-corrected chi connectivity index (χ0v) is 8.79. The van der Waals surface area contributed by atoms with E-state index in [0.717, 1.165) is 12.0 Å². The molecule has 1 atom stereocenters. The van der Waals surface area contributed by atoms with Gasteiger partial charge < -0.3 is 5.73 Å². The summed E-state index contributed by atoms with van der Waals surface area (Å²) in [6, 6.07) is 9.58. The van der Waals surface area contributed by atoms with E-state index in [2.05, 4.69) is 0 Å². The Morgan fingerprint density at radius 2 is 1.93 bits per heavy atom. The number of nitrogens with two attached hydrogens (primary N) is 1. The number of rotatable bonds is 4. The molecule has 0 saturated carbocycles. The van der Waals surface area contributed by atoms with Gasteiger partial charge in [-0.05, 0) is 18.9 Å². The van der Waals surface area contributed by atoms with Crippen molar-refractivity contribution in [1.82, 2.24) is 0 Å². The van der Waals surface area contributed by atoms with Crippen molar-refractivity contribution in [2.75, 3.05) is 0 Å². The molecule has 0 aromatic heterocycles. The summed E-state index contributed by atoms with van der Waals surface area (Å²) in [4.78, 5) is 11.5. The van der Waals surface area contributed by atoms with Crippen LogP contribution in [0.25, 0.3) is 0 Å². The Labute approximate surface area is 85.1 Å². The lowest BCUT2D eigenvalue weighted by Gasteiger charge is -2.26. The first-order chi connectivity index (χ1) is 6.61. The first-order valence-corrected chi connectivity index (χ1v) is 4.96. The van der Waals surface area contributed by atoms with E-state index in [9.17, 15) is 4.79 Å². The lowest BCUT2D eigenvalue weighted by atomic mass is 9.83. The number of Topliss-reactive ketones (excluding diaryl/α,β-unsaturated/α-hetero) is 1. The van der Waals surface area contributed by atoms with Crippen molar-refractivity contribution in [1.29, 1.82) is 0 Å².